The largest absolute Gasteiger partial charge is 0.303 e. The van der Waals surface area contributed by atoms with Gasteiger partial charge in [0.15, 0.2) is 9.84 Å². The fraction of sp³-hybridized carbons (Fsp3) is 0.400. The number of hydrogen-bond acceptors (Lipinski definition) is 5. The van der Waals surface area contributed by atoms with E-state index in [4.69, 9.17) is 0 Å². The Morgan fingerprint density at radius 2 is 1.57 bits per heavy atom. The van der Waals surface area contributed by atoms with Crippen molar-refractivity contribution in [2.24, 2.45) is 0 Å². The first kappa shape index (κ1) is 20.8. The van der Waals surface area contributed by atoms with Crippen LogP contribution < -0.4 is 4.72 Å². The number of likely N-dealkylation sites (tertiary alicyclic amines) is 1. The summed E-state index contributed by atoms with van der Waals surface area (Å²) in [4.78, 5) is 2.57. The molecule has 3 rings (SSSR count). The van der Waals surface area contributed by atoms with Crippen LogP contribution in [0.3, 0.4) is 0 Å². The third-order valence-electron chi connectivity index (χ3n) is 5.01. The first-order chi connectivity index (χ1) is 13.2. The quantitative estimate of drug-likeness (QED) is 0.741. The second-order valence-corrected chi connectivity index (χ2v) is 11.0. The van der Waals surface area contributed by atoms with Gasteiger partial charge >= 0.3 is 0 Å². The molecule has 0 aromatic heterocycles. The van der Waals surface area contributed by atoms with Crippen LogP contribution in [0.15, 0.2) is 58.3 Å². The normalized spacial score (nSPS) is 18.3. The van der Waals surface area contributed by atoms with Gasteiger partial charge in [-0.1, -0.05) is 19.1 Å². The van der Waals surface area contributed by atoms with E-state index in [2.05, 4.69) is 16.5 Å². The van der Waals surface area contributed by atoms with Crippen LogP contribution in [0.2, 0.25) is 0 Å². The van der Waals surface area contributed by atoms with Gasteiger partial charge in [-0.25, -0.2) is 16.8 Å². The molecule has 2 aromatic rings. The van der Waals surface area contributed by atoms with Gasteiger partial charge in [0.1, 0.15) is 0 Å². The zero-order valence-electron chi connectivity index (χ0n) is 16.1. The molecule has 0 bridgehead atoms. The standard InChI is InChI=1S/C20H26N2O4S2/c1-3-13-22-14-12-17(15-22)16-4-6-18(7-5-16)21-28(25,26)20-10-8-19(9-11-20)27(2,23)24/h4-11,17,21H,3,12-15H2,1-2H3/t17-/m1/s1. The van der Waals surface area contributed by atoms with Crippen LogP contribution in [0.25, 0.3) is 0 Å². The molecule has 2 aromatic carbocycles. The van der Waals surface area contributed by atoms with Crippen molar-refractivity contribution in [3.8, 4) is 0 Å². The summed E-state index contributed by atoms with van der Waals surface area (Å²) in [5.74, 6) is 0.487. The van der Waals surface area contributed by atoms with Gasteiger partial charge in [-0.15, -0.1) is 0 Å². The molecule has 1 aliphatic heterocycles. The molecule has 6 nitrogen and oxygen atoms in total. The van der Waals surface area contributed by atoms with Crippen molar-refractivity contribution < 1.29 is 16.8 Å². The SMILES string of the molecule is CCCN1CC[C@@H](c2ccc(NS(=O)(=O)c3ccc(S(C)(=O)=O)cc3)cc2)C1. The highest BCUT2D eigenvalue weighted by molar-refractivity contribution is 7.92. The summed E-state index contributed by atoms with van der Waals surface area (Å²) >= 11 is 0. The molecule has 1 N–H and O–H groups in total. The van der Waals surface area contributed by atoms with Gasteiger partial charge in [-0.05, 0) is 73.8 Å². The highest BCUT2D eigenvalue weighted by Crippen LogP contribution is 2.28. The highest BCUT2D eigenvalue weighted by Gasteiger charge is 2.23. The summed E-state index contributed by atoms with van der Waals surface area (Å²) in [6.45, 7) is 5.46. The minimum Gasteiger partial charge on any atom is -0.303 e. The van der Waals surface area contributed by atoms with Crippen LogP contribution in [0, 0.1) is 0 Å². The summed E-state index contributed by atoms with van der Waals surface area (Å²) in [5.41, 5.74) is 1.71. The Labute approximate surface area is 167 Å². The number of benzene rings is 2. The third kappa shape index (κ3) is 4.92. The molecular formula is C20H26N2O4S2. The molecule has 0 radical (unpaired) electrons. The van der Waals surface area contributed by atoms with Gasteiger partial charge < -0.3 is 4.90 Å². The minimum atomic E-state index is -3.78. The molecule has 0 aliphatic carbocycles. The Morgan fingerprint density at radius 1 is 0.964 bits per heavy atom. The lowest BCUT2D eigenvalue weighted by molar-refractivity contribution is 0.335. The molecule has 0 spiro atoms. The summed E-state index contributed by atoms with van der Waals surface area (Å²) < 4.78 is 50.7. The molecule has 1 saturated heterocycles. The Kier molecular flexibility index (Phi) is 6.12. The third-order valence-corrected chi connectivity index (χ3v) is 7.53. The number of nitrogens with zero attached hydrogens (tertiary/aromatic N) is 1. The van der Waals surface area contributed by atoms with Crippen molar-refractivity contribution in [2.75, 3.05) is 30.6 Å². The molecule has 0 unspecified atom stereocenters. The van der Waals surface area contributed by atoms with Crippen molar-refractivity contribution >= 4 is 25.5 Å². The number of anilines is 1. The van der Waals surface area contributed by atoms with Crippen molar-refractivity contribution in [1.82, 2.24) is 4.90 Å². The lowest BCUT2D eigenvalue weighted by Crippen LogP contribution is -2.20. The molecule has 0 saturated carbocycles. The molecule has 0 amide bonds. The molecule has 1 aliphatic rings. The van der Waals surface area contributed by atoms with Crippen molar-refractivity contribution in [3.63, 3.8) is 0 Å². The number of sulfonamides is 1. The summed E-state index contributed by atoms with van der Waals surface area (Å²) in [5, 5.41) is 0. The van der Waals surface area contributed by atoms with E-state index >= 15 is 0 Å². The number of hydrogen-bond donors (Lipinski definition) is 1. The average Bonchev–Trinajstić information content (AvgIpc) is 3.10. The van der Waals surface area contributed by atoms with Crippen LogP contribution in [0.1, 0.15) is 31.2 Å². The molecule has 28 heavy (non-hydrogen) atoms. The lowest BCUT2D eigenvalue weighted by Gasteiger charge is -2.15. The number of sulfone groups is 1. The van der Waals surface area contributed by atoms with Gasteiger partial charge in [0.25, 0.3) is 10.0 Å². The molecular weight excluding hydrogens is 396 g/mol. The van der Waals surface area contributed by atoms with E-state index in [9.17, 15) is 16.8 Å². The maximum absolute atomic E-state index is 12.6. The first-order valence-electron chi connectivity index (χ1n) is 9.34. The van der Waals surface area contributed by atoms with Gasteiger partial charge in [0, 0.05) is 18.5 Å². The van der Waals surface area contributed by atoms with Gasteiger partial charge in [0.2, 0.25) is 0 Å². The summed E-state index contributed by atoms with van der Waals surface area (Å²) in [6.07, 6.45) is 3.36. The van der Waals surface area contributed by atoms with Crippen LogP contribution in [-0.4, -0.2) is 47.6 Å². The first-order valence-corrected chi connectivity index (χ1v) is 12.7. The fourth-order valence-electron chi connectivity index (χ4n) is 3.53. The second-order valence-electron chi connectivity index (χ2n) is 7.26. The fourth-order valence-corrected chi connectivity index (χ4v) is 5.22. The Morgan fingerprint density at radius 3 is 2.14 bits per heavy atom. The zero-order chi connectivity index (χ0) is 20.4. The molecule has 1 heterocycles. The molecule has 1 atom stereocenters. The smallest absolute Gasteiger partial charge is 0.261 e. The van der Waals surface area contributed by atoms with Crippen LogP contribution in [0.4, 0.5) is 5.69 Å². The van der Waals surface area contributed by atoms with E-state index in [0.717, 1.165) is 38.7 Å². The highest BCUT2D eigenvalue weighted by atomic mass is 32.2. The van der Waals surface area contributed by atoms with Crippen molar-refractivity contribution in [2.45, 2.75) is 35.5 Å². The number of rotatable bonds is 7. The maximum Gasteiger partial charge on any atom is 0.261 e. The van der Waals surface area contributed by atoms with E-state index in [1.165, 1.54) is 29.8 Å². The van der Waals surface area contributed by atoms with Gasteiger partial charge in [-0.3, -0.25) is 4.72 Å². The summed E-state index contributed by atoms with van der Waals surface area (Å²) in [7, 11) is -7.14. The van der Waals surface area contributed by atoms with Gasteiger partial charge in [-0.2, -0.15) is 0 Å². The van der Waals surface area contributed by atoms with E-state index in [1.54, 1.807) is 12.1 Å². The average molecular weight is 423 g/mol. The van der Waals surface area contributed by atoms with E-state index in [0.29, 0.717) is 11.6 Å². The second kappa shape index (κ2) is 8.23. The Bertz CT molecular complexity index is 1010. The molecule has 1 fully saturated rings. The summed E-state index contributed by atoms with van der Waals surface area (Å²) in [6, 6.07) is 12.7. The van der Waals surface area contributed by atoms with Crippen molar-refractivity contribution in [1.29, 1.82) is 0 Å². The topological polar surface area (TPSA) is 83.6 Å². The van der Waals surface area contributed by atoms with Crippen molar-refractivity contribution in [3.05, 3.63) is 54.1 Å². The zero-order valence-corrected chi connectivity index (χ0v) is 17.8. The van der Waals surface area contributed by atoms with E-state index in [-0.39, 0.29) is 9.79 Å². The molecule has 152 valence electrons. The van der Waals surface area contributed by atoms with Crippen LogP contribution in [-0.2, 0) is 19.9 Å². The Balaban J connectivity index is 1.69. The van der Waals surface area contributed by atoms with E-state index in [1.807, 2.05) is 12.1 Å². The molecule has 8 heteroatoms. The number of nitrogens with one attached hydrogen (secondary N) is 1. The minimum absolute atomic E-state index is 0.0231. The van der Waals surface area contributed by atoms with Crippen LogP contribution in [0.5, 0.6) is 0 Å². The maximum atomic E-state index is 12.6. The predicted octanol–water partition coefficient (Wildman–Crippen LogP) is 3.09. The predicted molar refractivity (Wildman–Crippen MR) is 111 cm³/mol. The van der Waals surface area contributed by atoms with E-state index < -0.39 is 19.9 Å². The monoisotopic (exact) mass is 422 g/mol. The van der Waals surface area contributed by atoms with Gasteiger partial charge in [0.05, 0.1) is 9.79 Å². The Hall–Kier alpha value is -1.90. The lowest BCUT2D eigenvalue weighted by atomic mass is 9.98. The van der Waals surface area contributed by atoms with Crippen LogP contribution >= 0.6 is 0 Å².